The van der Waals surface area contributed by atoms with E-state index in [1.807, 2.05) is 54.0 Å². The number of amides is 2. The largest absolute Gasteiger partial charge is 0.497 e. The van der Waals surface area contributed by atoms with Gasteiger partial charge in [-0.3, -0.25) is 4.79 Å². The molecule has 3 aliphatic rings. The summed E-state index contributed by atoms with van der Waals surface area (Å²) < 4.78 is 10.8. The molecule has 3 aliphatic heterocycles. The van der Waals surface area contributed by atoms with E-state index in [0.717, 1.165) is 56.8 Å². The van der Waals surface area contributed by atoms with Crippen LogP contribution in [-0.4, -0.2) is 79.2 Å². The lowest BCUT2D eigenvalue weighted by Gasteiger charge is -2.39. The summed E-state index contributed by atoms with van der Waals surface area (Å²) in [5.74, 6) is 1.79. The minimum absolute atomic E-state index is 0.122. The number of likely N-dealkylation sites (tertiary alicyclic amines) is 3. The molecule has 2 aromatic carbocycles. The Morgan fingerprint density at radius 2 is 1.66 bits per heavy atom. The maximum Gasteiger partial charge on any atom is 0.410 e. The average Bonchev–Trinajstić information content (AvgIpc) is 3.48. The molecule has 0 aromatic heterocycles. The summed E-state index contributed by atoms with van der Waals surface area (Å²) >= 11 is 0. The van der Waals surface area contributed by atoms with Crippen LogP contribution in [0, 0.1) is 11.3 Å². The second kappa shape index (κ2) is 11.4. The zero-order chi connectivity index (χ0) is 26.7. The lowest BCUT2D eigenvalue weighted by atomic mass is 9.76. The number of methoxy groups -OCH3 is 1. The Hall–Kier alpha value is -3.06. The normalized spacial score (nSPS) is 23.4. The van der Waals surface area contributed by atoms with E-state index in [1.54, 1.807) is 7.11 Å². The van der Waals surface area contributed by atoms with Crippen molar-refractivity contribution in [3.63, 3.8) is 0 Å². The molecule has 3 saturated heterocycles. The Bertz CT molecular complexity index is 1100. The molecule has 1 unspecified atom stereocenters. The number of hydrogen-bond acceptors (Lipinski definition) is 5. The van der Waals surface area contributed by atoms with Gasteiger partial charge in [-0.15, -0.1) is 0 Å². The quantitative estimate of drug-likeness (QED) is 0.527. The summed E-state index contributed by atoms with van der Waals surface area (Å²) in [7, 11) is 1.67. The van der Waals surface area contributed by atoms with Gasteiger partial charge in [-0.2, -0.15) is 0 Å². The molecule has 0 aliphatic carbocycles. The maximum absolute atomic E-state index is 13.5. The molecule has 2 amide bonds. The first-order valence-corrected chi connectivity index (χ1v) is 14.0. The fraction of sp³-hybridized carbons (Fsp3) is 0.548. The first-order chi connectivity index (χ1) is 18.4. The number of hydrogen-bond donors (Lipinski definition) is 0. The van der Waals surface area contributed by atoms with E-state index in [4.69, 9.17) is 9.47 Å². The molecule has 7 heteroatoms. The zero-order valence-corrected chi connectivity index (χ0v) is 23.0. The number of carbonyl (C=O) groups excluding carboxylic acids is 2. The van der Waals surface area contributed by atoms with Crippen LogP contribution in [0.1, 0.15) is 50.2 Å². The van der Waals surface area contributed by atoms with Gasteiger partial charge in [-0.1, -0.05) is 42.5 Å². The Balaban J connectivity index is 1.19. The van der Waals surface area contributed by atoms with E-state index in [0.29, 0.717) is 37.4 Å². The first-order valence-electron chi connectivity index (χ1n) is 14.0. The van der Waals surface area contributed by atoms with Crippen molar-refractivity contribution in [3.8, 4) is 5.75 Å². The van der Waals surface area contributed by atoms with E-state index in [1.165, 1.54) is 5.56 Å². The summed E-state index contributed by atoms with van der Waals surface area (Å²) in [6.07, 6.45) is 2.43. The molecule has 5 rings (SSSR count). The predicted octanol–water partition coefficient (Wildman–Crippen LogP) is 4.77. The zero-order valence-electron chi connectivity index (χ0n) is 23.0. The Kier molecular flexibility index (Phi) is 7.93. The van der Waals surface area contributed by atoms with Crippen LogP contribution < -0.4 is 4.74 Å². The smallest absolute Gasteiger partial charge is 0.410 e. The third-order valence-electron chi connectivity index (χ3n) is 8.70. The maximum atomic E-state index is 13.5. The molecule has 38 heavy (non-hydrogen) atoms. The van der Waals surface area contributed by atoms with Gasteiger partial charge < -0.3 is 24.2 Å². The molecule has 2 aromatic rings. The van der Waals surface area contributed by atoms with Crippen molar-refractivity contribution in [3.05, 3.63) is 65.7 Å². The second-order valence-corrected chi connectivity index (χ2v) is 11.5. The molecule has 2 atom stereocenters. The minimum atomic E-state index is -0.218. The van der Waals surface area contributed by atoms with E-state index in [-0.39, 0.29) is 17.6 Å². The van der Waals surface area contributed by atoms with Crippen LogP contribution in [0.15, 0.2) is 54.6 Å². The SMILES string of the molecule is COc1ccc(CN2CCC3(CCN(CC4CN(C(=O)OC(C)C)C[C@@H]4c4ccccc4)CC3)C2=O)cc1. The van der Waals surface area contributed by atoms with Gasteiger partial charge in [0.15, 0.2) is 0 Å². The highest BCUT2D eigenvalue weighted by Crippen LogP contribution is 2.43. The molecular weight excluding hydrogens is 478 g/mol. The molecule has 3 fully saturated rings. The summed E-state index contributed by atoms with van der Waals surface area (Å²) in [4.78, 5) is 32.7. The molecular formula is C31H41N3O4. The van der Waals surface area contributed by atoms with Crippen molar-refractivity contribution in [2.45, 2.75) is 51.7 Å². The van der Waals surface area contributed by atoms with Crippen LogP contribution in [0.3, 0.4) is 0 Å². The molecule has 204 valence electrons. The van der Waals surface area contributed by atoms with Crippen LogP contribution in [0.2, 0.25) is 0 Å². The van der Waals surface area contributed by atoms with Gasteiger partial charge in [-0.25, -0.2) is 4.79 Å². The van der Waals surface area contributed by atoms with Crippen LogP contribution in [0.4, 0.5) is 4.79 Å². The van der Waals surface area contributed by atoms with Crippen molar-refractivity contribution in [2.75, 3.05) is 46.4 Å². The summed E-state index contributed by atoms with van der Waals surface area (Å²) in [5, 5.41) is 0. The van der Waals surface area contributed by atoms with Gasteiger partial charge in [0.2, 0.25) is 5.91 Å². The minimum Gasteiger partial charge on any atom is -0.497 e. The molecule has 7 nitrogen and oxygen atoms in total. The third kappa shape index (κ3) is 5.68. The van der Waals surface area contributed by atoms with Crippen molar-refractivity contribution in [1.29, 1.82) is 0 Å². The summed E-state index contributed by atoms with van der Waals surface area (Å²) in [5.41, 5.74) is 2.21. The molecule has 0 radical (unpaired) electrons. The summed E-state index contributed by atoms with van der Waals surface area (Å²) in [6, 6.07) is 18.6. The number of ether oxygens (including phenoxy) is 2. The van der Waals surface area contributed by atoms with Crippen molar-refractivity contribution < 1.29 is 19.1 Å². The fourth-order valence-corrected chi connectivity index (χ4v) is 6.51. The van der Waals surface area contributed by atoms with Crippen molar-refractivity contribution in [2.24, 2.45) is 11.3 Å². The highest BCUT2D eigenvalue weighted by molar-refractivity contribution is 5.85. The second-order valence-electron chi connectivity index (χ2n) is 11.5. The monoisotopic (exact) mass is 519 g/mol. The fourth-order valence-electron chi connectivity index (χ4n) is 6.51. The van der Waals surface area contributed by atoms with E-state index in [9.17, 15) is 9.59 Å². The van der Waals surface area contributed by atoms with Gasteiger partial charge in [0.25, 0.3) is 0 Å². The highest BCUT2D eigenvalue weighted by atomic mass is 16.6. The van der Waals surface area contributed by atoms with Gasteiger partial charge >= 0.3 is 6.09 Å². The third-order valence-corrected chi connectivity index (χ3v) is 8.70. The first kappa shape index (κ1) is 26.5. The Labute approximate surface area is 226 Å². The lowest BCUT2D eigenvalue weighted by molar-refractivity contribution is -0.139. The van der Waals surface area contributed by atoms with Crippen LogP contribution in [0.25, 0.3) is 0 Å². The predicted molar refractivity (Wildman–Crippen MR) is 147 cm³/mol. The van der Waals surface area contributed by atoms with Gasteiger partial charge in [0.1, 0.15) is 5.75 Å². The standard InChI is InChI=1S/C31H41N3O4/c1-23(2)38-30(36)34-21-26(28(22-34)25-7-5-4-6-8-25)20-32-16-13-31(14-17-32)15-18-33(29(31)35)19-24-9-11-27(37-3)12-10-24/h4-12,23,26,28H,13-22H2,1-3H3/t26?,28-/m1/s1. The van der Waals surface area contributed by atoms with Crippen LogP contribution in [-0.2, 0) is 16.1 Å². The number of piperidine rings is 1. The lowest BCUT2D eigenvalue weighted by Crippen LogP contribution is -2.46. The Morgan fingerprint density at radius 1 is 0.974 bits per heavy atom. The van der Waals surface area contributed by atoms with Crippen molar-refractivity contribution in [1.82, 2.24) is 14.7 Å². The van der Waals surface area contributed by atoms with Crippen molar-refractivity contribution >= 4 is 12.0 Å². The van der Waals surface area contributed by atoms with E-state index in [2.05, 4.69) is 29.2 Å². The molecule has 0 bridgehead atoms. The van der Waals surface area contributed by atoms with Crippen LogP contribution >= 0.6 is 0 Å². The number of carbonyl (C=O) groups is 2. The van der Waals surface area contributed by atoms with Crippen LogP contribution in [0.5, 0.6) is 5.75 Å². The van der Waals surface area contributed by atoms with Gasteiger partial charge in [0.05, 0.1) is 18.6 Å². The molecule has 1 spiro atoms. The topological polar surface area (TPSA) is 62.3 Å². The molecule has 3 heterocycles. The summed E-state index contributed by atoms with van der Waals surface area (Å²) in [6.45, 7) is 9.47. The van der Waals surface area contributed by atoms with E-state index < -0.39 is 0 Å². The average molecular weight is 520 g/mol. The van der Waals surface area contributed by atoms with Gasteiger partial charge in [-0.05, 0) is 75.4 Å². The molecule has 0 N–H and O–H groups in total. The van der Waals surface area contributed by atoms with Gasteiger partial charge in [0, 0.05) is 38.6 Å². The number of benzene rings is 2. The number of rotatable bonds is 7. The highest BCUT2D eigenvalue weighted by Gasteiger charge is 2.48. The Morgan fingerprint density at radius 3 is 2.32 bits per heavy atom. The molecule has 0 saturated carbocycles. The van der Waals surface area contributed by atoms with E-state index >= 15 is 0 Å². The number of nitrogens with zero attached hydrogens (tertiary/aromatic N) is 3.